The standard InChI is InChI=1S/C13H13NO.C9H12.C7H8O/c1-10-6-7-14-13(8-10)11-4-3-5-12(9-11)15-2;1-8(2)9-6-4-3-5-7-9;1-4-5(2)7(8)6(4)3/h3-9H,1-2H3;3-8H,1-2H3;2H2,1,3H3. The van der Waals surface area contributed by atoms with Gasteiger partial charge in [0.05, 0.1) is 12.8 Å². The number of methoxy groups -OCH3 is 1. The molecule has 0 amide bonds. The molecule has 3 aromatic rings. The number of rotatable bonds is 3. The molecule has 4 rings (SSSR count). The Hall–Kier alpha value is -3.46. The van der Waals surface area contributed by atoms with Crippen LogP contribution in [0, 0.1) is 6.92 Å². The Morgan fingerprint density at radius 2 is 1.56 bits per heavy atom. The fraction of sp³-hybridized carbons (Fsp3) is 0.241. The zero-order valence-corrected chi connectivity index (χ0v) is 20.0. The first-order chi connectivity index (χ1) is 15.2. The van der Waals surface area contributed by atoms with E-state index in [1.807, 2.05) is 56.4 Å². The summed E-state index contributed by atoms with van der Waals surface area (Å²) in [6, 6.07) is 22.5. The molecule has 166 valence electrons. The first-order valence-electron chi connectivity index (χ1n) is 10.8. The Balaban J connectivity index is 0.000000183. The molecule has 3 heteroatoms. The minimum atomic E-state index is 0.127. The number of carbonyl (C=O) groups excluding carboxylic acids is 1. The normalized spacial score (nSPS) is 12.3. The van der Waals surface area contributed by atoms with Crippen molar-refractivity contribution in [3.05, 3.63) is 107 Å². The number of allylic oxidation sites excluding steroid dienone is 3. The number of aromatic nitrogens is 1. The SMILES string of the molecule is C=C1C(=O)C(C)=C1C.CC(C)c1ccccc1.COc1cccc(-c2cc(C)ccn2)c1. The quantitative estimate of drug-likeness (QED) is 0.411. The maximum atomic E-state index is 10.6. The van der Waals surface area contributed by atoms with Crippen molar-refractivity contribution in [2.24, 2.45) is 0 Å². The minimum absolute atomic E-state index is 0.127. The Morgan fingerprint density at radius 3 is 2.03 bits per heavy atom. The van der Waals surface area contributed by atoms with E-state index >= 15 is 0 Å². The molecular formula is C29H33NO2. The van der Waals surface area contributed by atoms with Crippen molar-refractivity contribution >= 4 is 5.78 Å². The van der Waals surface area contributed by atoms with Crippen LogP contribution in [0.15, 0.2) is 96.2 Å². The largest absolute Gasteiger partial charge is 0.497 e. The molecule has 0 radical (unpaired) electrons. The van der Waals surface area contributed by atoms with Crippen LogP contribution in [0.5, 0.6) is 5.75 Å². The van der Waals surface area contributed by atoms with Crippen molar-refractivity contribution in [3.63, 3.8) is 0 Å². The van der Waals surface area contributed by atoms with Crippen LogP contribution in [0.25, 0.3) is 11.3 Å². The summed E-state index contributed by atoms with van der Waals surface area (Å²) in [6.07, 6.45) is 1.82. The second-order valence-corrected chi connectivity index (χ2v) is 8.07. The number of carbonyl (C=O) groups is 1. The Morgan fingerprint density at radius 1 is 0.875 bits per heavy atom. The van der Waals surface area contributed by atoms with Crippen molar-refractivity contribution in [3.8, 4) is 17.0 Å². The highest BCUT2D eigenvalue weighted by molar-refractivity contribution is 6.18. The first kappa shape index (κ1) is 24.8. The Labute approximate surface area is 192 Å². The van der Waals surface area contributed by atoms with Crippen molar-refractivity contribution < 1.29 is 9.53 Å². The van der Waals surface area contributed by atoms with Crippen LogP contribution in [-0.4, -0.2) is 17.9 Å². The van der Waals surface area contributed by atoms with Crippen molar-refractivity contribution in [1.82, 2.24) is 4.98 Å². The van der Waals surface area contributed by atoms with Crippen molar-refractivity contribution in [2.45, 2.75) is 40.5 Å². The van der Waals surface area contributed by atoms with E-state index in [1.165, 1.54) is 11.1 Å². The third kappa shape index (κ3) is 6.78. The molecule has 0 aliphatic heterocycles. The summed E-state index contributed by atoms with van der Waals surface area (Å²) in [5.41, 5.74) is 7.31. The fourth-order valence-corrected chi connectivity index (χ4v) is 3.05. The molecule has 1 aliphatic carbocycles. The van der Waals surface area contributed by atoms with Gasteiger partial charge in [0, 0.05) is 22.9 Å². The number of benzene rings is 2. The third-order valence-corrected chi connectivity index (χ3v) is 5.38. The van der Waals surface area contributed by atoms with Gasteiger partial charge in [-0.2, -0.15) is 0 Å². The second-order valence-electron chi connectivity index (χ2n) is 8.07. The van der Waals surface area contributed by atoms with Crippen LogP contribution in [0.1, 0.15) is 44.7 Å². The van der Waals surface area contributed by atoms with Crippen molar-refractivity contribution in [1.29, 1.82) is 0 Å². The lowest BCUT2D eigenvalue weighted by Crippen LogP contribution is -2.16. The van der Waals surface area contributed by atoms with Crippen LogP contribution < -0.4 is 4.74 Å². The molecule has 1 heterocycles. The van der Waals surface area contributed by atoms with Crippen LogP contribution in [0.2, 0.25) is 0 Å². The highest BCUT2D eigenvalue weighted by Crippen LogP contribution is 2.27. The Kier molecular flexibility index (Phi) is 9.15. The number of hydrogen-bond donors (Lipinski definition) is 0. The number of aryl methyl sites for hydroxylation is 1. The van der Waals surface area contributed by atoms with E-state index in [9.17, 15) is 4.79 Å². The number of hydrogen-bond acceptors (Lipinski definition) is 3. The maximum Gasteiger partial charge on any atom is 0.188 e. The molecule has 0 saturated carbocycles. The van der Waals surface area contributed by atoms with Gasteiger partial charge in [-0.05, 0) is 67.7 Å². The molecule has 0 atom stereocenters. The van der Waals surface area contributed by atoms with Gasteiger partial charge in [0.1, 0.15) is 5.75 Å². The number of ether oxygens (including phenoxy) is 1. The molecule has 0 spiro atoms. The summed E-state index contributed by atoms with van der Waals surface area (Å²) in [7, 11) is 1.67. The lowest BCUT2D eigenvalue weighted by Gasteiger charge is -2.17. The van der Waals surface area contributed by atoms with E-state index in [1.54, 1.807) is 7.11 Å². The van der Waals surface area contributed by atoms with E-state index < -0.39 is 0 Å². The molecule has 1 aliphatic rings. The monoisotopic (exact) mass is 427 g/mol. The summed E-state index contributed by atoms with van der Waals surface area (Å²) in [4.78, 5) is 14.9. The maximum absolute atomic E-state index is 10.6. The molecule has 0 saturated heterocycles. The molecule has 0 N–H and O–H groups in total. The molecule has 2 aromatic carbocycles. The average Bonchev–Trinajstić information content (AvgIpc) is 2.84. The van der Waals surface area contributed by atoms with Crippen LogP contribution in [-0.2, 0) is 4.79 Å². The third-order valence-electron chi connectivity index (χ3n) is 5.38. The predicted molar refractivity (Wildman–Crippen MR) is 134 cm³/mol. The summed E-state index contributed by atoms with van der Waals surface area (Å²) >= 11 is 0. The van der Waals surface area contributed by atoms with Gasteiger partial charge in [0.25, 0.3) is 0 Å². The molecule has 32 heavy (non-hydrogen) atoms. The smallest absolute Gasteiger partial charge is 0.188 e. The molecule has 0 fully saturated rings. The zero-order chi connectivity index (χ0) is 23.7. The minimum Gasteiger partial charge on any atom is -0.497 e. The van der Waals surface area contributed by atoms with Crippen LogP contribution in [0.3, 0.4) is 0 Å². The zero-order valence-electron chi connectivity index (χ0n) is 20.0. The summed E-state index contributed by atoms with van der Waals surface area (Å²) < 4.78 is 5.18. The summed E-state index contributed by atoms with van der Waals surface area (Å²) in [5.74, 6) is 1.64. The number of ketones is 1. The van der Waals surface area contributed by atoms with Gasteiger partial charge < -0.3 is 4.74 Å². The van der Waals surface area contributed by atoms with Gasteiger partial charge in [0.15, 0.2) is 5.78 Å². The number of nitrogens with zero attached hydrogens (tertiary/aromatic N) is 1. The predicted octanol–water partition coefficient (Wildman–Crippen LogP) is 7.34. The molecule has 0 unspecified atom stereocenters. The lowest BCUT2D eigenvalue weighted by atomic mass is 9.85. The van der Waals surface area contributed by atoms with Gasteiger partial charge in [-0.1, -0.05) is 62.9 Å². The topological polar surface area (TPSA) is 39.2 Å². The summed E-state index contributed by atoms with van der Waals surface area (Å²) in [5, 5.41) is 0. The van der Waals surface area contributed by atoms with Gasteiger partial charge in [-0.25, -0.2) is 0 Å². The first-order valence-corrected chi connectivity index (χ1v) is 10.8. The van der Waals surface area contributed by atoms with E-state index in [0.29, 0.717) is 11.5 Å². The van der Waals surface area contributed by atoms with E-state index in [0.717, 1.165) is 28.2 Å². The van der Waals surface area contributed by atoms with E-state index in [4.69, 9.17) is 4.74 Å². The second kappa shape index (κ2) is 11.8. The lowest BCUT2D eigenvalue weighted by molar-refractivity contribution is -0.113. The van der Waals surface area contributed by atoms with Crippen LogP contribution >= 0.6 is 0 Å². The van der Waals surface area contributed by atoms with Gasteiger partial charge in [-0.15, -0.1) is 0 Å². The Bertz CT molecular complexity index is 1070. The number of Topliss-reactive ketones (excluding diaryl/α,β-unsaturated/α-hetero) is 1. The molecular weight excluding hydrogens is 394 g/mol. The van der Waals surface area contributed by atoms with Gasteiger partial charge in [-0.3, -0.25) is 9.78 Å². The van der Waals surface area contributed by atoms with Gasteiger partial charge >= 0.3 is 0 Å². The molecule has 3 nitrogen and oxygen atoms in total. The summed E-state index contributed by atoms with van der Waals surface area (Å²) in [6.45, 7) is 13.8. The van der Waals surface area contributed by atoms with Crippen molar-refractivity contribution in [2.75, 3.05) is 7.11 Å². The molecule has 1 aromatic heterocycles. The molecule has 0 bridgehead atoms. The average molecular weight is 428 g/mol. The fourth-order valence-electron chi connectivity index (χ4n) is 3.05. The number of pyridine rings is 1. The van der Waals surface area contributed by atoms with Crippen LogP contribution in [0.4, 0.5) is 0 Å². The van der Waals surface area contributed by atoms with E-state index in [-0.39, 0.29) is 5.78 Å². The highest BCUT2D eigenvalue weighted by Gasteiger charge is 2.23. The van der Waals surface area contributed by atoms with Gasteiger partial charge in [0.2, 0.25) is 0 Å². The highest BCUT2D eigenvalue weighted by atomic mass is 16.5. The van der Waals surface area contributed by atoms with E-state index in [2.05, 4.69) is 62.7 Å².